The Morgan fingerprint density at radius 3 is 2.25 bits per heavy atom. The van der Waals surface area contributed by atoms with Gasteiger partial charge in [-0.2, -0.15) is 0 Å². The predicted octanol–water partition coefficient (Wildman–Crippen LogP) is 1.97. The highest BCUT2D eigenvalue weighted by molar-refractivity contribution is 6.46. The lowest BCUT2D eigenvalue weighted by Crippen LogP contribution is -2.39. The molecule has 1 radical (unpaired) electrons. The zero-order valence-electron chi connectivity index (χ0n) is 11.7. The molecule has 0 saturated heterocycles. The Bertz CT molecular complexity index is 226. The molecule has 0 aromatic rings. The molecule has 0 heterocycles. The number of carbonyl (C=O) groups excluding carboxylic acids is 1. The van der Waals surface area contributed by atoms with E-state index in [4.69, 9.17) is 4.74 Å². The molecule has 0 bridgehead atoms. The maximum atomic E-state index is 11.9. The molecule has 16 heavy (non-hydrogen) atoms. The van der Waals surface area contributed by atoms with Gasteiger partial charge >= 0.3 is 5.97 Å². The van der Waals surface area contributed by atoms with Gasteiger partial charge in [-0.1, -0.05) is 27.1 Å². The quantitative estimate of drug-likeness (QED) is 0.377. The average Bonchev–Trinajstić information content (AvgIpc) is 2.15. The number of likely N-dealkylation sites (N-methyl/N-ethyl adjacent to an activating group) is 1. The van der Waals surface area contributed by atoms with Crippen LogP contribution in [0.4, 0.5) is 0 Å². The van der Waals surface area contributed by atoms with Crippen LogP contribution in [-0.2, 0) is 9.53 Å². The van der Waals surface area contributed by atoms with Crippen molar-refractivity contribution in [2.75, 3.05) is 34.3 Å². The van der Waals surface area contributed by atoms with E-state index in [9.17, 15) is 4.79 Å². The lowest BCUT2D eigenvalue weighted by molar-refractivity contribution is -0.870. The van der Waals surface area contributed by atoms with Crippen molar-refractivity contribution in [3.63, 3.8) is 0 Å². The van der Waals surface area contributed by atoms with Crippen molar-refractivity contribution in [3.8, 4) is 0 Å². The summed E-state index contributed by atoms with van der Waals surface area (Å²) in [6, 6.07) is 0. The fraction of sp³-hybridized carbons (Fsp3) is 0.917. The molecule has 0 saturated carbocycles. The minimum absolute atomic E-state index is 0.0923. The Balaban J connectivity index is 4.13. The maximum absolute atomic E-state index is 11.9. The van der Waals surface area contributed by atoms with E-state index >= 15 is 0 Å². The van der Waals surface area contributed by atoms with E-state index in [1.165, 1.54) is 0 Å². The maximum Gasteiger partial charge on any atom is 0.303 e. The van der Waals surface area contributed by atoms with Crippen molar-refractivity contribution in [1.29, 1.82) is 0 Å². The number of rotatable bonds is 7. The van der Waals surface area contributed by atoms with E-state index in [2.05, 4.69) is 21.1 Å². The molecule has 3 nitrogen and oxygen atoms in total. The lowest BCUT2D eigenvalue weighted by atomic mass is 9.50. The summed E-state index contributed by atoms with van der Waals surface area (Å²) >= 11 is 0. The van der Waals surface area contributed by atoms with E-state index in [0.29, 0.717) is 6.61 Å². The van der Waals surface area contributed by atoms with Gasteiger partial charge < -0.3 is 9.22 Å². The third-order valence-corrected chi connectivity index (χ3v) is 2.85. The van der Waals surface area contributed by atoms with Crippen LogP contribution in [-0.4, -0.2) is 52.0 Å². The highest BCUT2D eigenvalue weighted by Crippen LogP contribution is 2.31. The summed E-state index contributed by atoms with van der Waals surface area (Å²) in [5, 5.41) is -0.417. The molecular weight excluding hydrogens is 201 g/mol. The van der Waals surface area contributed by atoms with E-state index in [0.717, 1.165) is 23.8 Å². The van der Waals surface area contributed by atoms with Gasteiger partial charge in [0.05, 0.1) is 21.1 Å². The number of quaternary nitrogens is 1. The molecule has 0 N–H and O–H groups in total. The minimum atomic E-state index is -0.417. The summed E-state index contributed by atoms with van der Waals surface area (Å²) in [4.78, 5) is 11.9. The Morgan fingerprint density at radius 2 is 1.88 bits per heavy atom. The highest BCUT2D eigenvalue weighted by atomic mass is 16.5. The number of hydrogen-bond donors (Lipinski definition) is 0. The number of hydrogen-bond acceptors (Lipinski definition) is 2. The average molecular weight is 227 g/mol. The third kappa shape index (κ3) is 5.54. The van der Waals surface area contributed by atoms with Gasteiger partial charge in [0.1, 0.15) is 20.4 Å². The van der Waals surface area contributed by atoms with Crippen LogP contribution in [0.1, 0.15) is 27.2 Å². The fourth-order valence-electron chi connectivity index (χ4n) is 1.40. The van der Waals surface area contributed by atoms with E-state index < -0.39 is 5.31 Å². The Hall–Kier alpha value is -0.505. The van der Waals surface area contributed by atoms with Gasteiger partial charge in [-0.3, -0.25) is 4.79 Å². The molecule has 0 aliphatic heterocycles. The number of carbonyl (C=O) groups is 1. The van der Waals surface area contributed by atoms with Gasteiger partial charge in [-0.25, -0.2) is 0 Å². The summed E-state index contributed by atoms with van der Waals surface area (Å²) in [6.45, 7) is 7.36. The topological polar surface area (TPSA) is 26.3 Å². The highest BCUT2D eigenvalue weighted by Gasteiger charge is 2.32. The van der Waals surface area contributed by atoms with Crippen LogP contribution in [0.5, 0.6) is 0 Å². The van der Waals surface area contributed by atoms with Crippen molar-refractivity contribution < 1.29 is 14.0 Å². The summed E-state index contributed by atoms with van der Waals surface area (Å²) in [7, 11) is 8.31. The molecule has 93 valence electrons. The Labute approximate surface area is 101 Å². The zero-order valence-corrected chi connectivity index (χ0v) is 11.7. The van der Waals surface area contributed by atoms with Gasteiger partial charge in [-0.15, -0.1) is 0 Å². The van der Waals surface area contributed by atoms with Crippen LogP contribution >= 0.6 is 0 Å². The van der Waals surface area contributed by atoms with Crippen molar-refractivity contribution in [2.24, 2.45) is 0 Å². The summed E-state index contributed by atoms with van der Waals surface area (Å²) in [5.41, 5.74) is 0. The molecule has 0 spiro atoms. The van der Waals surface area contributed by atoms with Gasteiger partial charge in [-0.05, 0) is 6.42 Å². The minimum Gasteiger partial charge on any atom is -0.460 e. The van der Waals surface area contributed by atoms with Crippen LogP contribution < -0.4 is 0 Å². The molecule has 0 rings (SSSR count). The van der Waals surface area contributed by atoms with Crippen molar-refractivity contribution in [1.82, 2.24) is 0 Å². The summed E-state index contributed by atoms with van der Waals surface area (Å²) < 4.78 is 6.15. The SMILES string of the molecule is CC[B]C(C)(CC)C(=O)OCC[N+](C)(C)C. The molecule has 1 unspecified atom stereocenters. The fourth-order valence-corrected chi connectivity index (χ4v) is 1.40. The number of ether oxygens (including phenoxy) is 1. The largest absolute Gasteiger partial charge is 0.460 e. The van der Waals surface area contributed by atoms with Crippen LogP contribution in [0.15, 0.2) is 0 Å². The third-order valence-electron chi connectivity index (χ3n) is 2.85. The van der Waals surface area contributed by atoms with E-state index in [1.807, 2.05) is 28.1 Å². The molecule has 0 amide bonds. The lowest BCUT2D eigenvalue weighted by Gasteiger charge is -2.27. The molecule has 0 aromatic heterocycles. The Kier molecular flexibility index (Phi) is 6.09. The van der Waals surface area contributed by atoms with Gasteiger partial charge in [0.2, 0.25) is 0 Å². The first-order valence-electron chi connectivity index (χ1n) is 6.07. The van der Waals surface area contributed by atoms with Crippen LogP contribution in [0.3, 0.4) is 0 Å². The summed E-state index contributed by atoms with van der Waals surface area (Å²) in [5.74, 6) is -0.0923. The first kappa shape index (κ1) is 15.5. The number of esters is 1. The van der Waals surface area contributed by atoms with Crippen LogP contribution in [0.2, 0.25) is 11.6 Å². The first-order valence-corrected chi connectivity index (χ1v) is 6.07. The van der Waals surface area contributed by atoms with Crippen molar-refractivity contribution in [3.05, 3.63) is 0 Å². The molecule has 0 fully saturated rings. The van der Waals surface area contributed by atoms with Gasteiger partial charge in [0.15, 0.2) is 0 Å². The first-order chi connectivity index (χ1) is 7.25. The Morgan fingerprint density at radius 1 is 1.31 bits per heavy atom. The van der Waals surface area contributed by atoms with Crippen LogP contribution in [0.25, 0.3) is 0 Å². The molecule has 0 aliphatic rings. The van der Waals surface area contributed by atoms with Crippen molar-refractivity contribution in [2.45, 2.75) is 38.8 Å². The van der Waals surface area contributed by atoms with E-state index in [-0.39, 0.29) is 5.97 Å². The molecule has 0 aromatic carbocycles. The molecule has 0 aliphatic carbocycles. The van der Waals surface area contributed by atoms with Crippen LogP contribution in [0, 0.1) is 0 Å². The number of nitrogens with zero attached hydrogens (tertiary/aromatic N) is 1. The summed E-state index contributed by atoms with van der Waals surface area (Å²) in [6.07, 6.45) is 1.69. The predicted molar refractivity (Wildman–Crippen MR) is 68.8 cm³/mol. The zero-order chi connectivity index (χ0) is 12.8. The monoisotopic (exact) mass is 227 g/mol. The second kappa shape index (κ2) is 6.28. The smallest absolute Gasteiger partial charge is 0.303 e. The van der Waals surface area contributed by atoms with Crippen molar-refractivity contribution >= 4 is 13.2 Å². The molecular formula is C12H26BNO2+. The standard InChI is InChI=1S/C12H26BNO2/c1-7-12(3,13-8-2)11(15)16-10-9-14(4,5)6/h7-10H2,1-6H3/q+1. The van der Waals surface area contributed by atoms with Gasteiger partial charge in [0, 0.05) is 5.31 Å². The molecule has 1 atom stereocenters. The van der Waals surface area contributed by atoms with E-state index in [1.54, 1.807) is 0 Å². The van der Waals surface area contributed by atoms with Gasteiger partial charge in [0.25, 0.3) is 0 Å². The second-order valence-corrected chi connectivity index (χ2v) is 5.53. The second-order valence-electron chi connectivity index (χ2n) is 5.53. The molecule has 4 heteroatoms. The normalized spacial score (nSPS) is 15.4.